The minimum absolute atomic E-state index is 0.113. The molecule has 2 aromatic carbocycles. The molecule has 0 radical (unpaired) electrons. The molecule has 0 saturated heterocycles. The fourth-order valence-electron chi connectivity index (χ4n) is 2.69. The van der Waals surface area contributed by atoms with E-state index in [9.17, 15) is 9.59 Å². The van der Waals surface area contributed by atoms with Gasteiger partial charge in [-0.05, 0) is 54.0 Å². The normalized spacial score (nSPS) is 10.8. The summed E-state index contributed by atoms with van der Waals surface area (Å²) < 4.78 is 16.8. The molecule has 0 aliphatic carbocycles. The number of hydrogen-bond acceptors (Lipinski definition) is 9. The maximum atomic E-state index is 12.4. The number of nitrogens with one attached hydrogen (secondary N) is 1. The molecule has 8 nitrogen and oxygen atoms in total. The summed E-state index contributed by atoms with van der Waals surface area (Å²) in [5.41, 5.74) is 4.60. The molecule has 0 atom stereocenters. The third-order valence-electron chi connectivity index (χ3n) is 4.12. The first-order chi connectivity index (χ1) is 16.0. The van der Waals surface area contributed by atoms with Crippen LogP contribution in [-0.2, 0) is 16.0 Å². The Kier molecular flexibility index (Phi) is 8.96. The summed E-state index contributed by atoms with van der Waals surface area (Å²) in [5, 5.41) is 6.52. The zero-order chi connectivity index (χ0) is 23.6. The fourth-order valence-corrected chi connectivity index (χ4v) is 3.77. The number of carbonyl (C=O) groups excluding carboxylic acids is 2. The number of anilines is 1. The topological polar surface area (TPSA) is 99.1 Å². The lowest BCUT2D eigenvalue weighted by atomic mass is 10.2. The van der Waals surface area contributed by atoms with Crippen molar-refractivity contribution in [2.75, 3.05) is 18.6 Å². The van der Waals surface area contributed by atoms with E-state index in [0.717, 1.165) is 0 Å². The van der Waals surface area contributed by atoms with Crippen LogP contribution >= 0.6 is 27.3 Å². The Bertz CT molecular complexity index is 1130. The molecule has 0 spiro atoms. The molecule has 1 aromatic heterocycles. The zero-order valence-corrected chi connectivity index (χ0v) is 20.4. The quantitative estimate of drug-likeness (QED) is 0.168. The lowest BCUT2D eigenvalue weighted by Crippen LogP contribution is -2.10. The summed E-state index contributed by atoms with van der Waals surface area (Å²) in [4.78, 5) is 28.3. The average Bonchev–Trinajstić information content (AvgIpc) is 3.24. The van der Waals surface area contributed by atoms with Gasteiger partial charge < -0.3 is 14.2 Å². The fraction of sp³-hybridized carbons (Fsp3) is 0.217. The minimum atomic E-state index is -0.478. The van der Waals surface area contributed by atoms with E-state index in [1.54, 1.807) is 54.9 Å². The molecule has 3 aromatic rings. The lowest BCUT2D eigenvalue weighted by Gasteiger charge is -2.12. The number of carbonyl (C=O) groups is 2. The molecule has 10 heteroatoms. The van der Waals surface area contributed by atoms with E-state index in [-0.39, 0.29) is 12.4 Å². The van der Waals surface area contributed by atoms with Gasteiger partial charge in [0.05, 0.1) is 37.1 Å². The molecule has 0 fully saturated rings. The van der Waals surface area contributed by atoms with Crippen LogP contribution in [0.1, 0.15) is 35.5 Å². The summed E-state index contributed by atoms with van der Waals surface area (Å²) in [5.74, 6) is -0.0872. The number of hydrogen-bond donors (Lipinski definition) is 1. The SMILES string of the molecule is CCOC(=O)Cc1csc(NN=Cc2cc(OCC)c(OC(=O)c3ccccc3)cc2Br)n1. The Morgan fingerprint density at radius 1 is 1.15 bits per heavy atom. The first-order valence-electron chi connectivity index (χ1n) is 10.1. The van der Waals surface area contributed by atoms with E-state index in [1.165, 1.54) is 11.3 Å². The molecule has 0 amide bonds. The number of rotatable bonds is 10. The van der Waals surface area contributed by atoms with Crippen molar-refractivity contribution in [3.63, 3.8) is 0 Å². The molecule has 0 aliphatic rings. The number of ether oxygens (including phenoxy) is 3. The number of aromatic nitrogens is 1. The lowest BCUT2D eigenvalue weighted by molar-refractivity contribution is -0.142. The van der Waals surface area contributed by atoms with E-state index >= 15 is 0 Å². The largest absolute Gasteiger partial charge is 0.490 e. The predicted molar refractivity (Wildman–Crippen MR) is 130 cm³/mol. The highest BCUT2D eigenvalue weighted by atomic mass is 79.9. The molecule has 0 bridgehead atoms. The number of nitrogens with zero attached hydrogens (tertiary/aromatic N) is 2. The molecule has 172 valence electrons. The van der Waals surface area contributed by atoms with Crippen molar-refractivity contribution in [1.82, 2.24) is 4.98 Å². The van der Waals surface area contributed by atoms with Crippen LogP contribution in [-0.4, -0.2) is 36.4 Å². The monoisotopic (exact) mass is 531 g/mol. The molecule has 1 N–H and O–H groups in total. The first-order valence-corrected chi connectivity index (χ1v) is 11.8. The van der Waals surface area contributed by atoms with E-state index in [4.69, 9.17) is 14.2 Å². The molecular formula is C23H22BrN3O5S. The van der Waals surface area contributed by atoms with Crippen molar-refractivity contribution in [3.05, 3.63) is 69.1 Å². The van der Waals surface area contributed by atoms with Gasteiger partial charge in [0, 0.05) is 15.4 Å². The Hall–Kier alpha value is -3.24. The highest BCUT2D eigenvalue weighted by Crippen LogP contribution is 2.34. The van der Waals surface area contributed by atoms with Crippen LogP contribution in [0.5, 0.6) is 11.5 Å². The molecule has 1 heterocycles. The summed E-state index contributed by atoms with van der Waals surface area (Å²) in [6.45, 7) is 4.34. The van der Waals surface area contributed by atoms with Crippen LogP contribution in [0.4, 0.5) is 5.13 Å². The third kappa shape index (κ3) is 7.13. The highest BCUT2D eigenvalue weighted by Gasteiger charge is 2.15. The third-order valence-corrected chi connectivity index (χ3v) is 5.60. The van der Waals surface area contributed by atoms with Crippen LogP contribution < -0.4 is 14.9 Å². The van der Waals surface area contributed by atoms with Crippen LogP contribution in [0.15, 0.2) is 57.4 Å². The Labute approximate surface area is 203 Å². The van der Waals surface area contributed by atoms with E-state index in [0.29, 0.717) is 51.1 Å². The summed E-state index contributed by atoms with van der Waals surface area (Å²) >= 11 is 4.81. The maximum Gasteiger partial charge on any atom is 0.343 e. The van der Waals surface area contributed by atoms with Crippen LogP contribution in [0.3, 0.4) is 0 Å². The van der Waals surface area contributed by atoms with Gasteiger partial charge >= 0.3 is 11.9 Å². The Morgan fingerprint density at radius 3 is 2.67 bits per heavy atom. The van der Waals surface area contributed by atoms with Crippen molar-refractivity contribution < 1.29 is 23.8 Å². The van der Waals surface area contributed by atoms with Gasteiger partial charge in [-0.2, -0.15) is 5.10 Å². The van der Waals surface area contributed by atoms with Crippen LogP contribution in [0.25, 0.3) is 0 Å². The van der Waals surface area contributed by atoms with E-state index in [2.05, 4.69) is 31.4 Å². The van der Waals surface area contributed by atoms with Crippen molar-refractivity contribution in [2.45, 2.75) is 20.3 Å². The average molecular weight is 532 g/mol. The van der Waals surface area contributed by atoms with Gasteiger partial charge in [0.1, 0.15) is 0 Å². The second-order valence-corrected chi connectivity index (χ2v) is 8.22. The molecule has 0 unspecified atom stereocenters. The first kappa shape index (κ1) is 24.4. The van der Waals surface area contributed by atoms with Crippen molar-refractivity contribution in [1.29, 1.82) is 0 Å². The number of hydrazone groups is 1. The molecule has 0 aliphatic heterocycles. The van der Waals surface area contributed by atoms with Gasteiger partial charge in [-0.15, -0.1) is 11.3 Å². The van der Waals surface area contributed by atoms with Crippen molar-refractivity contribution in [3.8, 4) is 11.5 Å². The number of halogens is 1. The second-order valence-electron chi connectivity index (χ2n) is 6.50. The minimum Gasteiger partial charge on any atom is -0.490 e. The van der Waals surface area contributed by atoms with Gasteiger partial charge in [-0.25, -0.2) is 9.78 Å². The summed E-state index contributed by atoms with van der Waals surface area (Å²) in [7, 11) is 0. The number of benzene rings is 2. The van der Waals surface area contributed by atoms with Gasteiger partial charge in [-0.1, -0.05) is 18.2 Å². The molecule has 33 heavy (non-hydrogen) atoms. The molecule has 0 saturated carbocycles. The summed E-state index contributed by atoms with van der Waals surface area (Å²) in [6, 6.07) is 12.1. The standard InChI is InChI=1S/C23H22BrN3O5S/c1-3-30-19-10-16(13-25-27-23-26-17(14-33-23)11-21(28)31-4-2)18(24)12-20(19)32-22(29)15-8-6-5-7-9-15/h5-10,12-14H,3-4,11H2,1-2H3,(H,26,27). The molecule has 3 rings (SSSR count). The molecular weight excluding hydrogens is 510 g/mol. The predicted octanol–water partition coefficient (Wildman–Crippen LogP) is 5.08. The summed E-state index contributed by atoms with van der Waals surface area (Å²) in [6.07, 6.45) is 1.70. The van der Waals surface area contributed by atoms with Gasteiger partial charge in [0.25, 0.3) is 0 Å². The van der Waals surface area contributed by atoms with Gasteiger partial charge in [0.2, 0.25) is 5.13 Å². The smallest absolute Gasteiger partial charge is 0.343 e. The Balaban J connectivity index is 1.70. The maximum absolute atomic E-state index is 12.4. The number of esters is 2. The van der Waals surface area contributed by atoms with Crippen LogP contribution in [0.2, 0.25) is 0 Å². The van der Waals surface area contributed by atoms with Gasteiger partial charge in [0.15, 0.2) is 11.5 Å². The van der Waals surface area contributed by atoms with E-state index in [1.807, 2.05) is 13.0 Å². The number of thiazole rings is 1. The highest BCUT2D eigenvalue weighted by molar-refractivity contribution is 9.10. The Morgan fingerprint density at radius 2 is 1.94 bits per heavy atom. The van der Waals surface area contributed by atoms with E-state index < -0.39 is 5.97 Å². The van der Waals surface area contributed by atoms with Crippen molar-refractivity contribution >= 4 is 50.6 Å². The van der Waals surface area contributed by atoms with Crippen molar-refractivity contribution in [2.24, 2.45) is 5.10 Å². The second kappa shape index (κ2) is 12.1. The van der Waals surface area contributed by atoms with Gasteiger partial charge in [-0.3, -0.25) is 10.2 Å². The van der Waals surface area contributed by atoms with Crippen LogP contribution in [0, 0.1) is 0 Å². The zero-order valence-electron chi connectivity index (χ0n) is 18.0.